The summed E-state index contributed by atoms with van der Waals surface area (Å²) in [4.78, 5) is 6.16. The largest absolute Gasteiger partial charge is 0.497 e. The molecule has 2 heterocycles. The van der Waals surface area contributed by atoms with Crippen LogP contribution in [0.1, 0.15) is 5.69 Å². The van der Waals surface area contributed by atoms with Crippen molar-refractivity contribution in [1.82, 2.24) is 14.2 Å². The number of methoxy groups -OCH3 is 1. The van der Waals surface area contributed by atoms with Gasteiger partial charge in [-0.3, -0.25) is 4.90 Å². The molecule has 0 bridgehead atoms. The highest BCUT2D eigenvalue weighted by molar-refractivity contribution is 7.89. The van der Waals surface area contributed by atoms with E-state index < -0.39 is 26.6 Å². The zero-order valence-corrected chi connectivity index (χ0v) is 18.4. The summed E-state index contributed by atoms with van der Waals surface area (Å²) in [5.74, 6) is -0.946. The van der Waals surface area contributed by atoms with Crippen LogP contribution in [0.4, 0.5) is 8.78 Å². The SMILES string of the molecule is COc1ccc(-c2nc(CN3CCN(S(=O)(=O)c4cc(F)ccc4F)CC3)cs2)cc1. The Hall–Kier alpha value is -2.40. The van der Waals surface area contributed by atoms with E-state index in [0.717, 1.165) is 40.2 Å². The summed E-state index contributed by atoms with van der Waals surface area (Å²) in [6.45, 7) is 1.95. The number of hydrogen-bond acceptors (Lipinski definition) is 6. The highest BCUT2D eigenvalue weighted by Crippen LogP contribution is 2.27. The number of hydrogen-bond donors (Lipinski definition) is 0. The molecular weight excluding hydrogens is 444 g/mol. The minimum atomic E-state index is -4.08. The second kappa shape index (κ2) is 8.99. The topological polar surface area (TPSA) is 62.7 Å². The Morgan fingerprint density at radius 1 is 1.06 bits per heavy atom. The zero-order valence-electron chi connectivity index (χ0n) is 16.8. The standard InChI is InChI=1S/C21H21F2N3O3S2/c1-29-18-5-2-15(3-6-18)21-24-17(14-30-21)13-25-8-10-26(11-9-25)31(27,28)20-12-16(22)4-7-19(20)23/h2-7,12,14H,8-11,13H2,1H3. The molecule has 0 unspecified atom stereocenters. The van der Waals surface area contributed by atoms with Crippen LogP contribution in [0.2, 0.25) is 0 Å². The number of ether oxygens (including phenoxy) is 1. The number of nitrogens with zero attached hydrogens (tertiary/aromatic N) is 3. The van der Waals surface area contributed by atoms with Crippen molar-refractivity contribution in [2.24, 2.45) is 0 Å². The number of sulfonamides is 1. The van der Waals surface area contributed by atoms with Crippen molar-refractivity contribution in [1.29, 1.82) is 0 Å². The molecule has 0 radical (unpaired) electrons. The average molecular weight is 466 g/mol. The highest BCUT2D eigenvalue weighted by atomic mass is 32.2. The van der Waals surface area contributed by atoms with Crippen LogP contribution in [0, 0.1) is 11.6 Å². The van der Waals surface area contributed by atoms with Crippen LogP contribution in [-0.2, 0) is 16.6 Å². The monoisotopic (exact) mass is 465 g/mol. The number of halogens is 2. The molecule has 0 aliphatic carbocycles. The summed E-state index contributed by atoms with van der Waals surface area (Å²) in [7, 11) is -2.46. The second-order valence-corrected chi connectivity index (χ2v) is 9.89. The van der Waals surface area contributed by atoms with Crippen molar-refractivity contribution in [3.63, 3.8) is 0 Å². The predicted molar refractivity (Wildman–Crippen MR) is 114 cm³/mol. The summed E-state index contributed by atoms with van der Waals surface area (Å²) in [6, 6.07) is 10.1. The van der Waals surface area contributed by atoms with Gasteiger partial charge in [-0.25, -0.2) is 22.2 Å². The minimum absolute atomic E-state index is 0.202. The van der Waals surface area contributed by atoms with Gasteiger partial charge in [0.15, 0.2) is 0 Å². The molecule has 0 saturated carbocycles. The quantitative estimate of drug-likeness (QED) is 0.557. The van der Waals surface area contributed by atoms with Crippen LogP contribution in [0.15, 0.2) is 52.7 Å². The third-order valence-corrected chi connectivity index (χ3v) is 7.97. The second-order valence-electron chi connectivity index (χ2n) is 7.13. The summed E-state index contributed by atoms with van der Waals surface area (Å²) in [6.07, 6.45) is 0. The van der Waals surface area contributed by atoms with Gasteiger partial charge in [0.25, 0.3) is 0 Å². The summed E-state index contributed by atoms with van der Waals surface area (Å²) >= 11 is 1.55. The van der Waals surface area contributed by atoms with E-state index in [0.29, 0.717) is 19.6 Å². The summed E-state index contributed by atoms with van der Waals surface area (Å²) in [5.41, 5.74) is 1.91. The molecule has 31 heavy (non-hydrogen) atoms. The highest BCUT2D eigenvalue weighted by Gasteiger charge is 2.31. The van der Waals surface area contributed by atoms with Crippen molar-refractivity contribution in [3.8, 4) is 16.3 Å². The third kappa shape index (κ3) is 4.77. The van der Waals surface area contributed by atoms with E-state index >= 15 is 0 Å². The lowest BCUT2D eigenvalue weighted by Crippen LogP contribution is -2.48. The minimum Gasteiger partial charge on any atom is -0.497 e. The number of thiazole rings is 1. The predicted octanol–water partition coefficient (Wildman–Crippen LogP) is 3.60. The fourth-order valence-electron chi connectivity index (χ4n) is 3.42. The van der Waals surface area contributed by atoms with Crippen LogP contribution < -0.4 is 4.74 Å². The first-order valence-electron chi connectivity index (χ1n) is 9.63. The molecule has 2 aromatic carbocycles. The van der Waals surface area contributed by atoms with Gasteiger partial charge in [0.05, 0.1) is 12.8 Å². The molecule has 0 N–H and O–H groups in total. The molecule has 1 saturated heterocycles. The lowest BCUT2D eigenvalue weighted by Gasteiger charge is -2.33. The molecule has 164 valence electrons. The molecule has 6 nitrogen and oxygen atoms in total. The van der Waals surface area contributed by atoms with Gasteiger partial charge in [0.1, 0.15) is 27.3 Å². The van der Waals surface area contributed by atoms with Crippen molar-refractivity contribution >= 4 is 21.4 Å². The lowest BCUT2D eigenvalue weighted by atomic mass is 10.2. The van der Waals surface area contributed by atoms with Crippen LogP contribution >= 0.6 is 11.3 Å². The summed E-state index contributed by atoms with van der Waals surface area (Å²) < 4.78 is 59.2. The van der Waals surface area contributed by atoms with E-state index in [1.165, 1.54) is 4.31 Å². The van der Waals surface area contributed by atoms with Crippen LogP contribution in [0.5, 0.6) is 5.75 Å². The maximum absolute atomic E-state index is 14.0. The molecule has 1 aromatic heterocycles. The van der Waals surface area contributed by atoms with E-state index in [1.807, 2.05) is 29.6 Å². The first-order valence-corrected chi connectivity index (χ1v) is 11.9. The van der Waals surface area contributed by atoms with Crippen LogP contribution in [-0.4, -0.2) is 55.9 Å². The first-order chi connectivity index (χ1) is 14.9. The van der Waals surface area contributed by atoms with Gasteiger partial charge >= 0.3 is 0 Å². The normalized spacial score (nSPS) is 15.8. The van der Waals surface area contributed by atoms with Crippen molar-refractivity contribution in [3.05, 3.63) is 65.2 Å². The molecule has 4 rings (SSSR count). The van der Waals surface area contributed by atoms with Gasteiger partial charge < -0.3 is 4.74 Å². The molecule has 10 heteroatoms. The number of rotatable bonds is 6. The van der Waals surface area contributed by atoms with Gasteiger partial charge in [-0.1, -0.05) is 0 Å². The van der Waals surface area contributed by atoms with E-state index in [1.54, 1.807) is 18.4 Å². The molecule has 3 aromatic rings. The maximum atomic E-state index is 14.0. The Morgan fingerprint density at radius 2 is 1.77 bits per heavy atom. The Labute approximate surface area is 183 Å². The number of piperazine rings is 1. The van der Waals surface area contributed by atoms with Gasteiger partial charge in [-0.05, 0) is 42.5 Å². The molecule has 0 spiro atoms. The van der Waals surface area contributed by atoms with Gasteiger partial charge in [0, 0.05) is 43.7 Å². The van der Waals surface area contributed by atoms with Crippen molar-refractivity contribution in [2.75, 3.05) is 33.3 Å². The van der Waals surface area contributed by atoms with Crippen LogP contribution in [0.25, 0.3) is 10.6 Å². The summed E-state index contributed by atoms with van der Waals surface area (Å²) in [5, 5.41) is 2.89. The van der Waals surface area contributed by atoms with Crippen molar-refractivity contribution in [2.45, 2.75) is 11.4 Å². The van der Waals surface area contributed by atoms with E-state index in [9.17, 15) is 17.2 Å². The number of benzene rings is 2. The molecule has 0 atom stereocenters. The maximum Gasteiger partial charge on any atom is 0.246 e. The Bertz CT molecular complexity index is 1160. The van der Waals surface area contributed by atoms with Crippen molar-refractivity contribution < 1.29 is 21.9 Å². The van der Waals surface area contributed by atoms with Gasteiger partial charge in [0.2, 0.25) is 10.0 Å². The van der Waals surface area contributed by atoms with E-state index in [2.05, 4.69) is 9.88 Å². The van der Waals surface area contributed by atoms with Crippen LogP contribution in [0.3, 0.4) is 0 Å². The smallest absolute Gasteiger partial charge is 0.246 e. The Balaban J connectivity index is 1.38. The zero-order chi connectivity index (χ0) is 22.0. The average Bonchev–Trinajstić information content (AvgIpc) is 3.24. The Morgan fingerprint density at radius 3 is 2.45 bits per heavy atom. The molecule has 1 fully saturated rings. The number of aromatic nitrogens is 1. The van der Waals surface area contributed by atoms with Gasteiger partial charge in [-0.2, -0.15) is 4.31 Å². The first kappa shape index (κ1) is 21.8. The molecule has 1 aliphatic rings. The molecule has 1 aliphatic heterocycles. The lowest BCUT2D eigenvalue weighted by molar-refractivity contribution is 0.180. The molecule has 0 amide bonds. The van der Waals surface area contributed by atoms with E-state index in [4.69, 9.17) is 4.74 Å². The fraction of sp³-hybridized carbons (Fsp3) is 0.286. The van der Waals surface area contributed by atoms with Gasteiger partial charge in [-0.15, -0.1) is 11.3 Å². The third-order valence-electron chi connectivity index (χ3n) is 5.12. The van der Waals surface area contributed by atoms with E-state index in [-0.39, 0.29) is 13.1 Å². The Kier molecular flexibility index (Phi) is 6.33. The fourth-order valence-corrected chi connectivity index (χ4v) is 5.73. The molecular formula is C21H21F2N3O3S2.